The van der Waals surface area contributed by atoms with E-state index < -0.39 is 10.0 Å². The average molecular weight is 455 g/mol. The standard InChI is InChI=1S/C21H34N4O5S/c1-4-24(5-2)20(26)17-23-11-7-12-25(14-13-23)21(27)18-8-6-9-19(16-18)31(28,29)22-10-15-30-3/h6,8-9,16,22H,4-5,7,10-15,17H2,1-3H3. The summed E-state index contributed by atoms with van der Waals surface area (Å²) in [7, 11) is -2.22. The van der Waals surface area contributed by atoms with Crippen LogP contribution in [0, 0.1) is 0 Å². The van der Waals surface area contributed by atoms with Gasteiger partial charge in [0.05, 0.1) is 18.0 Å². The van der Waals surface area contributed by atoms with Gasteiger partial charge in [-0.3, -0.25) is 14.5 Å². The number of nitrogens with zero attached hydrogens (tertiary/aromatic N) is 3. The first-order valence-electron chi connectivity index (χ1n) is 10.7. The molecule has 0 spiro atoms. The molecule has 1 aromatic carbocycles. The molecule has 1 fully saturated rings. The Morgan fingerprint density at radius 3 is 2.55 bits per heavy atom. The highest BCUT2D eigenvalue weighted by Crippen LogP contribution is 2.15. The predicted molar refractivity (Wildman–Crippen MR) is 118 cm³/mol. The molecule has 31 heavy (non-hydrogen) atoms. The van der Waals surface area contributed by atoms with E-state index in [9.17, 15) is 18.0 Å². The Labute approximate surface area is 185 Å². The summed E-state index contributed by atoms with van der Waals surface area (Å²) < 4.78 is 32.2. The van der Waals surface area contributed by atoms with Crippen molar-refractivity contribution in [3.8, 4) is 0 Å². The fourth-order valence-electron chi connectivity index (χ4n) is 3.54. The van der Waals surface area contributed by atoms with Crippen LogP contribution in [0.5, 0.6) is 0 Å². The van der Waals surface area contributed by atoms with Crippen LogP contribution in [-0.4, -0.2) is 101 Å². The number of sulfonamides is 1. The Hall–Kier alpha value is -2.01. The molecule has 2 rings (SSSR count). The van der Waals surface area contributed by atoms with Crippen LogP contribution in [0.1, 0.15) is 30.6 Å². The van der Waals surface area contributed by atoms with Crippen molar-refractivity contribution in [1.29, 1.82) is 0 Å². The lowest BCUT2D eigenvalue weighted by Crippen LogP contribution is -2.42. The second-order valence-electron chi connectivity index (χ2n) is 7.41. The second-order valence-corrected chi connectivity index (χ2v) is 9.17. The van der Waals surface area contributed by atoms with E-state index in [4.69, 9.17) is 4.74 Å². The molecular weight excluding hydrogens is 420 g/mol. The van der Waals surface area contributed by atoms with E-state index in [1.165, 1.54) is 19.2 Å². The Balaban J connectivity index is 2.01. The van der Waals surface area contributed by atoms with Crippen molar-refractivity contribution in [3.63, 3.8) is 0 Å². The summed E-state index contributed by atoms with van der Waals surface area (Å²) in [5.74, 6) is -0.102. The highest BCUT2D eigenvalue weighted by Gasteiger charge is 2.24. The van der Waals surface area contributed by atoms with Crippen molar-refractivity contribution in [2.24, 2.45) is 0 Å². The predicted octanol–water partition coefficient (Wildman–Crippen LogP) is 0.628. The lowest BCUT2D eigenvalue weighted by atomic mass is 10.2. The van der Waals surface area contributed by atoms with Crippen LogP contribution in [0.15, 0.2) is 29.2 Å². The Morgan fingerprint density at radius 2 is 1.87 bits per heavy atom. The lowest BCUT2D eigenvalue weighted by Gasteiger charge is -2.25. The van der Waals surface area contributed by atoms with Crippen molar-refractivity contribution in [3.05, 3.63) is 29.8 Å². The van der Waals surface area contributed by atoms with Gasteiger partial charge < -0.3 is 14.5 Å². The van der Waals surface area contributed by atoms with Gasteiger partial charge >= 0.3 is 0 Å². The van der Waals surface area contributed by atoms with Crippen molar-refractivity contribution < 1.29 is 22.7 Å². The maximum Gasteiger partial charge on any atom is 0.253 e. The van der Waals surface area contributed by atoms with Gasteiger partial charge in [-0.1, -0.05) is 6.07 Å². The van der Waals surface area contributed by atoms with E-state index >= 15 is 0 Å². The highest BCUT2D eigenvalue weighted by molar-refractivity contribution is 7.89. The third kappa shape index (κ3) is 7.27. The lowest BCUT2D eigenvalue weighted by molar-refractivity contribution is -0.132. The van der Waals surface area contributed by atoms with E-state index in [2.05, 4.69) is 9.62 Å². The molecule has 0 saturated carbocycles. The summed E-state index contributed by atoms with van der Waals surface area (Å²) in [5, 5.41) is 0. The molecule has 0 aromatic heterocycles. The van der Waals surface area contributed by atoms with Crippen molar-refractivity contribution >= 4 is 21.8 Å². The molecule has 0 radical (unpaired) electrons. The maximum absolute atomic E-state index is 13.0. The van der Waals surface area contributed by atoms with Gasteiger partial charge in [-0.05, 0) is 38.5 Å². The number of hydrogen-bond acceptors (Lipinski definition) is 6. The zero-order chi connectivity index (χ0) is 22.9. The average Bonchev–Trinajstić information content (AvgIpc) is 3.00. The van der Waals surface area contributed by atoms with Crippen LogP contribution in [0.3, 0.4) is 0 Å². The van der Waals surface area contributed by atoms with Gasteiger partial charge in [0.25, 0.3) is 5.91 Å². The quantitative estimate of drug-likeness (QED) is 0.521. The molecule has 1 saturated heterocycles. The number of nitrogens with one attached hydrogen (secondary N) is 1. The van der Waals surface area contributed by atoms with Gasteiger partial charge in [-0.2, -0.15) is 0 Å². The number of amides is 2. The molecule has 1 aliphatic heterocycles. The Morgan fingerprint density at radius 1 is 1.13 bits per heavy atom. The Kier molecular flexibility index (Phi) is 9.89. The molecule has 1 N–H and O–H groups in total. The first kappa shape index (κ1) is 25.3. The molecule has 10 heteroatoms. The van der Waals surface area contributed by atoms with E-state index in [-0.39, 0.29) is 29.9 Å². The summed E-state index contributed by atoms with van der Waals surface area (Å²) in [6.45, 7) is 8.49. The summed E-state index contributed by atoms with van der Waals surface area (Å²) in [6, 6.07) is 6.08. The number of ether oxygens (including phenoxy) is 1. The molecule has 1 aliphatic rings. The first-order chi connectivity index (χ1) is 14.8. The number of rotatable bonds is 10. The van der Waals surface area contributed by atoms with Gasteiger partial charge in [-0.25, -0.2) is 13.1 Å². The van der Waals surface area contributed by atoms with Crippen molar-refractivity contribution in [2.45, 2.75) is 25.2 Å². The van der Waals surface area contributed by atoms with Crippen LogP contribution >= 0.6 is 0 Å². The molecule has 0 bridgehead atoms. The monoisotopic (exact) mass is 454 g/mol. The number of carbonyl (C=O) groups excluding carboxylic acids is 2. The SMILES string of the molecule is CCN(CC)C(=O)CN1CCCN(C(=O)c2cccc(S(=O)(=O)NCCOC)c2)CC1. The van der Waals surface area contributed by atoms with Crippen molar-refractivity contribution in [1.82, 2.24) is 19.4 Å². The summed E-state index contributed by atoms with van der Waals surface area (Å²) >= 11 is 0. The number of methoxy groups -OCH3 is 1. The van der Waals surface area contributed by atoms with Crippen LogP contribution < -0.4 is 4.72 Å². The minimum atomic E-state index is -3.71. The summed E-state index contributed by atoms with van der Waals surface area (Å²) in [5.41, 5.74) is 0.335. The summed E-state index contributed by atoms with van der Waals surface area (Å²) in [4.78, 5) is 31.1. The molecule has 1 aromatic rings. The molecular formula is C21H34N4O5S. The zero-order valence-electron chi connectivity index (χ0n) is 18.7. The highest BCUT2D eigenvalue weighted by atomic mass is 32.2. The van der Waals surface area contributed by atoms with E-state index in [0.717, 1.165) is 13.0 Å². The first-order valence-corrected chi connectivity index (χ1v) is 12.2. The van der Waals surface area contributed by atoms with Gasteiger partial charge in [0.15, 0.2) is 0 Å². The smallest absolute Gasteiger partial charge is 0.253 e. The van der Waals surface area contributed by atoms with Crippen LogP contribution in [0.25, 0.3) is 0 Å². The van der Waals surface area contributed by atoms with E-state index in [1.807, 2.05) is 13.8 Å². The molecule has 174 valence electrons. The molecule has 0 atom stereocenters. The van der Waals surface area contributed by atoms with Gasteiger partial charge in [0.2, 0.25) is 15.9 Å². The number of hydrogen-bond donors (Lipinski definition) is 1. The normalized spacial score (nSPS) is 15.5. The topological polar surface area (TPSA) is 99.3 Å². The largest absolute Gasteiger partial charge is 0.383 e. The van der Waals surface area contributed by atoms with Gasteiger partial charge in [0, 0.05) is 58.5 Å². The molecule has 1 heterocycles. The maximum atomic E-state index is 13.0. The second kappa shape index (κ2) is 12.1. The van der Waals surface area contributed by atoms with Gasteiger partial charge in [0.1, 0.15) is 0 Å². The van der Waals surface area contributed by atoms with Gasteiger partial charge in [-0.15, -0.1) is 0 Å². The fraction of sp³-hybridized carbons (Fsp3) is 0.619. The van der Waals surface area contributed by atoms with Crippen LogP contribution in [-0.2, 0) is 19.6 Å². The molecule has 9 nitrogen and oxygen atoms in total. The third-order valence-electron chi connectivity index (χ3n) is 5.34. The molecule has 0 unspecified atom stereocenters. The minimum absolute atomic E-state index is 0.0516. The van der Waals surface area contributed by atoms with Crippen LogP contribution in [0.2, 0.25) is 0 Å². The van der Waals surface area contributed by atoms with E-state index in [1.54, 1.807) is 21.9 Å². The van der Waals surface area contributed by atoms with E-state index in [0.29, 0.717) is 44.8 Å². The number of benzene rings is 1. The molecule has 0 aliphatic carbocycles. The Bertz CT molecular complexity index is 842. The molecule has 2 amide bonds. The van der Waals surface area contributed by atoms with Crippen LogP contribution in [0.4, 0.5) is 0 Å². The summed E-state index contributed by atoms with van der Waals surface area (Å²) in [6.07, 6.45) is 0.758. The minimum Gasteiger partial charge on any atom is -0.383 e. The zero-order valence-corrected chi connectivity index (χ0v) is 19.5. The fourth-order valence-corrected chi connectivity index (χ4v) is 4.60. The van der Waals surface area contributed by atoms with Crippen molar-refractivity contribution in [2.75, 3.05) is 66.1 Å². The number of carbonyl (C=O) groups is 2. The number of likely N-dealkylation sites (N-methyl/N-ethyl adjacent to an activating group) is 1. The third-order valence-corrected chi connectivity index (χ3v) is 6.80.